The van der Waals surface area contributed by atoms with Crippen molar-refractivity contribution in [1.82, 2.24) is 0 Å². The van der Waals surface area contributed by atoms with Gasteiger partial charge in [-0.25, -0.2) is 14.6 Å². The molecule has 81 heavy (non-hydrogen) atoms. The van der Waals surface area contributed by atoms with Crippen LogP contribution in [0.1, 0.15) is 65.1 Å². The van der Waals surface area contributed by atoms with Crippen LogP contribution in [0, 0.1) is 0 Å². The molecular formula is C67H59Cl2CuN4O5P2+2. The number of esters is 2. The predicted octanol–water partition coefficient (Wildman–Crippen LogP) is 14.2. The molecule has 9 aromatic rings. The van der Waals surface area contributed by atoms with E-state index in [1.54, 1.807) is 62.4 Å². The van der Waals surface area contributed by atoms with Crippen LogP contribution in [0.3, 0.4) is 0 Å². The molecule has 9 aromatic carbocycles. The standard InChI is InChI=1S/C39H32OP2.C27H24N4O4.CH2Cl2.Cu/c1-39(2)33-25-15-27-35(41(29-17-7-3-8-18-29)30-19-9-4-10-20-30)37(33)40-38-34(39)26-16-28-36(38)42(31-21-11-5-12-22-31)32-23-13-6-14-24-32;1-3-34-26(32)19-10-14-21(15-11-19)28-24-25(31-23(30-24)18-8-6-5-7-9-18)29-22-16-12-20(13-17-22)27(33)35-4-2;2-1-3;/h3-28H,1-2H3;5-17H,3-4H2,1-2H3,(H,28,29,30,31,32,33);1H2;/q;;;+1/p+1. The van der Waals surface area contributed by atoms with Crippen LogP contribution in [-0.2, 0) is 32.0 Å². The molecule has 0 atom stereocenters. The van der Waals surface area contributed by atoms with Crippen molar-refractivity contribution in [3.63, 3.8) is 0 Å². The Morgan fingerprint density at radius 1 is 0.506 bits per heavy atom. The Bertz CT molecular complexity index is 3420. The van der Waals surface area contributed by atoms with Gasteiger partial charge in [-0.1, -0.05) is 153 Å². The fourth-order valence-electron chi connectivity index (χ4n) is 9.50. The summed E-state index contributed by atoms with van der Waals surface area (Å²) in [6.07, 6.45) is 0. The number of hydrogen-bond donors (Lipinski definition) is 0. The molecule has 0 amide bonds. The maximum Gasteiger partial charge on any atom is 1.00 e. The van der Waals surface area contributed by atoms with Gasteiger partial charge >= 0.3 is 29.0 Å². The SMILES string of the molecule is CC1(C)c2cccc([PH+](c3ccccc3)c3ccccc3)c2Oc2c([PH+](c3ccccc3)c3ccccc3)cccc21.CCOC(=O)c1ccc(N=C2N=C(c3ccccc3)[N-]C2=Nc2ccc(C(=O)OCC)cc2)cc1.ClCCl.[Cu+]. The van der Waals surface area contributed by atoms with Gasteiger partial charge in [0.2, 0.25) is 0 Å². The minimum absolute atomic E-state index is 0. The molecule has 11 rings (SSSR count). The van der Waals surface area contributed by atoms with Crippen molar-refractivity contribution in [2.24, 2.45) is 15.0 Å². The van der Waals surface area contributed by atoms with Crippen LogP contribution in [-0.4, -0.2) is 48.0 Å². The van der Waals surface area contributed by atoms with Crippen LogP contribution in [0.4, 0.5) is 11.4 Å². The normalized spacial score (nSPS) is 13.6. The number of para-hydroxylation sites is 2. The predicted molar refractivity (Wildman–Crippen MR) is 337 cm³/mol. The first kappa shape index (κ1) is 59.6. The van der Waals surface area contributed by atoms with Crippen LogP contribution in [0.2, 0.25) is 0 Å². The number of carbonyl (C=O) groups excluding carboxylic acids is 2. The second-order valence-electron chi connectivity index (χ2n) is 18.7. The fraction of sp³-hybridized carbons (Fsp3) is 0.119. The van der Waals surface area contributed by atoms with E-state index in [9.17, 15) is 9.59 Å². The van der Waals surface area contributed by atoms with Gasteiger partial charge in [-0.05, 0) is 122 Å². The van der Waals surface area contributed by atoms with Gasteiger partial charge in [0.25, 0.3) is 0 Å². The fourth-order valence-corrected chi connectivity index (χ4v) is 14.9. The zero-order chi connectivity index (χ0) is 55.8. The van der Waals surface area contributed by atoms with Crippen LogP contribution in [0.5, 0.6) is 11.5 Å². The molecule has 0 spiro atoms. The summed E-state index contributed by atoms with van der Waals surface area (Å²) in [5.41, 5.74) is 5.20. The molecule has 14 heteroatoms. The molecule has 2 heterocycles. The van der Waals surface area contributed by atoms with E-state index in [2.05, 4.69) is 192 Å². The molecule has 2 aliphatic rings. The molecule has 2 aliphatic heterocycles. The maximum atomic E-state index is 11.9. The third kappa shape index (κ3) is 14.3. The Balaban J connectivity index is 0.000000204. The smallest absolute Gasteiger partial charge is 0.462 e. The summed E-state index contributed by atoms with van der Waals surface area (Å²) in [5.74, 6) is 2.46. The minimum Gasteiger partial charge on any atom is -0.462 e. The van der Waals surface area contributed by atoms with Crippen molar-refractivity contribution in [1.29, 1.82) is 0 Å². The van der Waals surface area contributed by atoms with Crippen molar-refractivity contribution in [2.75, 3.05) is 18.6 Å². The van der Waals surface area contributed by atoms with Gasteiger partial charge in [0.1, 0.15) is 47.7 Å². The monoisotopic (exact) mass is 1190 g/mol. The number of alkyl halides is 2. The molecule has 0 bridgehead atoms. The molecule has 0 unspecified atom stereocenters. The van der Waals surface area contributed by atoms with Gasteiger partial charge in [-0.2, -0.15) is 0 Å². The average Bonchev–Trinajstić information content (AvgIpc) is 3.89. The molecule has 0 aliphatic carbocycles. The largest absolute Gasteiger partial charge is 1.00 e. The first-order chi connectivity index (χ1) is 39.1. The molecule has 0 saturated carbocycles. The molecule has 0 fully saturated rings. The topological polar surface area (TPSA) is 113 Å². The Hall–Kier alpha value is -7.51. The summed E-state index contributed by atoms with van der Waals surface area (Å²) in [7, 11) is -2.64. The number of fused-ring (bicyclic) bond motifs is 2. The van der Waals surface area contributed by atoms with Crippen molar-refractivity contribution >= 4 is 112 Å². The van der Waals surface area contributed by atoms with Crippen molar-refractivity contribution in [3.8, 4) is 11.5 Å². The third-order valence-corrected chi connectivity index (χ3v) is 18.8. The molecule has 0 N–H and O–H groups in total. The first-order valence-electron chi connectivity index (χ1n) is 26.2. The van der Waals surface area contributed by atoms with Gasteiger partial charge in [-0.15, -0.1) is 23.2 Å². The van der Waals surface area contributed by atoms with E-state index < -0.39 is 15.8 Å². The van der Waals surface area contributed by atoms with Crippen molar-refractivity contribution in [3.05, 3.63) is 270 Å². The van der Waals surface area contributed by atoms with E-state index in [1.165, 1.54) is 43.0 Å². The number of rotatable bonds is 13. The maximum absolute atomic E-state index is 11.9. The number of halogens is 2. The van der Waals surface area contributed by atoms with E-state index in [-0.39, 0.29) is 39.8 Å². The minimum atomic E-state index is -1.32. The Morgan fingerprint density at radius 2 is 0.864 bits per heavy atom. The van der Waals surface area contributed by atoms with E-state index in [0.717, 1.165) is 17.1 Å². The summed E-state index contributed by atoms with van der Waals surface area (Å²) in [6, 6.07) is 80.5. The van der Waals surface area contributed by atoms with E-state index >= 15 is 0 Å². The van der Waals surface area contributed by atoms with Crippen LogP contribution >= 0.6 is 39.0 Å². The van der Waals surface area contributed by atoms with E-state index in [0.29, 0.717) is 53.2 Å². The zero-order valence-corrected chi connectivity index (χ0v) is 49.5. The number of nitrogens with zero attached hydrogens (tertiary/aromatic N) is 4. The van der Waals surface area contributed by atoms with Gasteiger partial charge in [0.15, 0.2) is 11.5 Å². The quantitative estimate of drug-likeness (QED) is 0.0494. The molecular weight excluding hydrogens is 1140 g/mol. The number of amidine groups is 3. The van der Waals surface area contributed by atoms with E-state index in [1.807, 2.05) is 30.3 Å². The molecule has 0 saturated heterocycles. The zero-order valence-electron chi connectivity index (χ0n) is 45.0. The summed E-state index contributed by atoms with van der Waals surface area (Å²) < 4.78 is 17.3. The first-order valence-corrected chi connectivity index (χ1v) is 30.3. The van der Waals surface area contributed by atoms with Crippen LogP contribution in [0.25, 0.3) is 5.32 Å². The number of ether oxygens (including phenoxy) is 3. The second kappa shape index (κ2) is 28.8. The second-order valence-corrected chi connectivity index (χ2v) is 24.4. The molecule has 410 valence electrons. The third-order valence-electron chi connectivity index (χ3n) is 13.3. The number of aliphatic imine (C=N–C) groups is 3. The van der Waals surface area contributed by atoms with Crippen LogP contribution < -0.4 is 36.6 Å². The summed E-state index contributed by atoms with van der Waals surface area (Å²) in [4.78, 5) is 37.6. The van der Waals surface area contributed by atoms with Gasteiger partial charge in [0, 0.05) is 28.2 Å². The molecule has 0 radical (unpaired) electrons. The molecule has 9 nitrogen and oxygen atoms in total. The van der Waals surface area contributed by atoms with Crippen LogP contribution in [0.15, 0.2) is 252 Å². The Morgan fingerprint density at radius 3 is 1.23 bits per heavy atom. The number of hydrogen-bond acceptors (Lipinski definition) is 7. The van der Waals surface area contributed by atoms with E-state index in [4.69, 9.17) is 37.4 Å². The van der Waals surface area contributed by atoms with Gasteiger partial charge in [-0.3, -0.25) is 0 Å². The summed E-state index contributed by atoms with van der Waals surface area (Å²) >= 11 is 9.53. The van der Waals surface area contributed by atoms with Gasteiger partial charge in [0.05, 0.1) is 41.2 Å². The Kier molecular flexibility index (Phi) is 21.2. The van der Waals surface area contributed by atoms with Crippen molar-refractivity contribution in [2.45, 2.75) is 33.1 Å². The summed E-state index contributed by atoms with van der Waals surface area (Å²) in [6.45, 7) is 8.85. The number of benzene rings is 9. The van der Waals surface area contributed by atoms with Crippen molar-refractivity contribution < 1.29 is 40.9 Å². The number of carbonyl (C=O) groups is 2. The Labute approximate surface area is 497 Å². The summed E-state index contributed by atoms with van der Waals surface area (Å²) in [5, 5.41) is 12.8. The van der Waals surface area contributed by atoms with Gasteiger partial charge < -0.3 is 29.5 Å². The molecule has 0 aromatic heterocycles. The average molecular weight is 1200 g/mol.